The van der Waals surface area contributed by atoms with E-state index in [1.807, 2.05) is 0 Å². The summed E-state index contributed by atoms with van der Waals surface area (Å²) in [7, 11) is -0.508. The van der Waals surface area contributed by atoms with Gasteiger partial charge in [-0.15, -0.1) is 0 Å². The van der Waals surface area contributed by atoms with Gasteiger partial charge in [0.2, 0.25) is 0 Å². The molecule has 0 spiro atoms. The Bertz CT molecular complexity index is 965. The van der Waals surface area contributed by atoms with Crippen molar-refractivity contribution in [2.75, 3.05) is 32.0 Å². The lowest BCUT2D eigenvalue weighted by molar-refractivity contribution is 0.0600. The van der Waals surface area contributed by atoms with Crippen LogP contribution in [0.5, 0.6) is 5.75 Å². The molecule has 156 valence electrons. The van der Waals surface area contributed by atoms with Crippen LogP contribution in [0.15, 0.2) is 47.4 Å². The van der Waals surface area contributed by atoms with Crippen LogP contribution >= 0.6 is 0 Å². The number of hydrogen-bond acceptors (Lipinski definition) is 6. The number of sulfonamides is 1. The summed E-state index contributed by atoms with van der Waals surface area (Å²) in [5.41, 5.74) is 1.14. The zero-order valence-corrected chi connectivity index (χ0v) is 17.7. The van der Waals surface area contributed by atoms with Crippen LogP contribution in [0, 0.1) is 6.92 Å². The van der Waals surface area contributed by atoms with E-state index < -0.39 is 16.0 Å². The van der Waals surface area contributed by atoms with Crippen molar-refractivity contribution in [3.05, 3.63) is 53.6 Å². The molecule has 1 heterocycles. The Labute approximate surface area is 171 Å². The van der Waals surface area contributed by atoms with Gasteiger partial charge in [0.1, 0.15) is 11.9 Å². The minimum Gasteiger partial charge on any atom is -0.490 e. The number of hydrogen-bond donors (Lipinski definition) is 1. The molecular formula is C21H26N2O5S. The molecule has 3 rings (SSSR count). The SMILES string of the molecule is COC(=O)c1ccc(C)c(S(=O)(=O)Nc2ccc(OC3CCN(C)CC3)cc2)c1. The lowest BCUT2D eigenvalue weighted by atomic mass is 10.1. The number of nitrogens with zero attached hydrogens (tertiary/aromatic N) is 1. The van der Waals surface area contributed by atoms with Gasteiger partial charge in [0.15, 0.2) is 0 Å². The van der Waals surface area contributed by atoms with Crippen LogP contribution in [-0.4, -0.2) is 52.6 Å². The monoisotopic (exact) mass is 418 g/mol. The maximum absolute atomic E-state index is 12.8. The Morgan fingerprint density at radius 3 is 2.38 bits per heavy atom. The highest BCUT2D eigenvalue weighted by Crippen LogP contribution is 2.24. The molecule has 2 aromatic rings. The summed E-state index contributed by atoms with van der Waals surface area (Å²) in [6, 6.07) is 11.3. The van der Waals surface area contributed by atoms with Gasteiger partial charge in [-0.25, -0.2) is 13.2 Å². The molecule has 0 unspecified atom stereocenters. The van der Waals surface area contributed by atoms with E-state index in [1.54, 1.807) is 37.3 Å². The maximum Gasteiger partial charge on any atom is 0.337 e. The minimum absolute atomic E-state index is 0.0343. The first-order valence-electron chi connectivity index (χ1n) is 9.45. The summed E-state index contributed by atoms with van der Waals surface area (Å²) < 4.78 is 38.9. The number of esters is 1. The molecule has 1 saturated heterocycles. The fraction of sp³-hybridized carbons (Fsp3) is 0.381. The molecule has 0 radical (unpaired) electrons. The number of ether oxygens (including phenoxy) is 2. The standard InChI is InChI=1S/C21H26N2O5S/c1-15-4-5-16(21(24)27-3)14-20(15)29(25,26)22-17-6-8-18(9-7-17)28-19-10-12-23(2)13-11-19/h4-9,14,19,22H,10-13H2,1-3H3. The molecule has 0 saturated carbocycles. The van der Waals surface area contributed by atoms with Crippen LogP contribution < -0.4 is 9.46 Å². The molecule has 1 fully saturated rings. The van der Waals surface area contributed by atoms with E-state index >= 15 is 0 Å². The van der Waals surface area contributed by atoms with Gasteiger partial charge < -0.3 is 14.4 Å². The van der Waals surface area contributed by atoms with Crippen LogP contribution in [0.25, 0.3) is 0 Å². The number of carbonyl (C=O) groups is 1. The number of rotatable bonds is 6. The zero-order valence-electron chi connectivity index (χ0n) is 16.8. The number of aryl methyl sites for hydroxylation is 1. The van der Waals surface area contributed by atoms with Crippen molar-refractivity contribution in [2.24, 2.45) is 0 Å². The number of carbonyl (C=O) groups excluding carboxylic acids is 1. The van der Waals surface area contributed by atoms with Crippen molar-refractivity contribution in [2.45, 2.75) is 30.8 Å². The lowest BCUT2D eigenvalue weighted by Crippen LogP contribution is -2.35. The van der Waals surface area contributed by atoms with E-state index in [9.17, 15) is 13.2 Å². The van der Waals surface area contributed by atoms with Crippen molar-refractivity contribution in [1.29, 1.82) is 0 Å². The lowest BCUT2D eigenvalue weighted by Gasteiger charge is -2.29. The van der Waals surface area contributed by atoms with Crippen LogP contribution in [0.2, 0.25) is 0 Å². The van der Waals surface area contributed by atoms with Crippen LogP contribution in [0.1, 0.15) is 28.8 Å². The quantitative estimate of drug-likeness (QED) is 0.726. The third-order valence-electron chi connectivity index (χ3n) is 4.97. The highest BCUT2D eigenvalue weighted by molar-refractivity contribution is 7.92. The Hall–Kier alpha value is -2.58. The fourth-order valence-electron chi connectivity index (χ4n) is 3.24. The highest BCUT2D eigenvalue weighted by Gasteiger charge is 2.20. The fourth-order valence-corrected chi connectivity index (χ4v) is 4.57. The number of piperidine rings is 1. The molecule has 0 amide bonds. The van der Waals surface area contributed by atoms with Gasteiger partial charge in [-0.05, 0) is 68.8 Å². The topological polar surface area (TPSA) is 84.9 Å². The number of likely N-dealkylation sites (tertiary alicyclic amines) is 1. The van der Waals surface area contributed by atoms with Crippen LogP contribution in [0.3, 0.4) is 0 Å². The first kappa shape index (κ1) is 21.1. The first-order valence-corrected chi connectivity index (χ1v) is 10.9. The van der Waals surface area contributed by atoms with E-state index in [2.05, 4.69) is 21.4 Å². The average molecular weight is 419 g/mol. The van der Waals surface area contributed by atoms with E-state index in [-0.39, 0.29) is 16.6 Å². The van der Waals surface area contributed by atoms with Gasteiger partial charge in [0.25, 0.3) is 10.0 Å². The van der Waals surface area contributed by atoms with Gasteiger partial charge in [-0.1, -0.05) is 6.07 Å². The molecule has 0 atom stereocenters. The Balaban J connectivity index is 1.71. The van der Waals surface area contributed by atoms with Gasteiger partial charge in [-0.2, -0.15) is 0 Å². The van der Waals surface area contributed by atoms with Crippen molar-refractivity contribution < 1.29 is 22.7 Å². The average Bonchev–Trinajstić information content (AvgIpc) is 2.70. The number of anilines is 1. The molecule has 0 aliphatic carbocycles. The summed E-state index contributed by atoms with van der Waals surface area (Å²) in [5.74, 6) is 0.128. The van der Waals surface area contributed by atoms with Crippen LogP contribution in [-0.2, 0) is 14.8 Å². The van der Waals surface area contributed by atoms with E-state index in [1.165, 1.54) is 19.2 Å². The molecule has 1 aliphatic heterocycles. The molecule has 2 aromatic carbocycles. The van der Waals surface area contributed by atoms with Crippen molar-refractivity contribution in [3.63, 3.8) is 0 Å². The molecule has 29 heavy (non-hydrogen) atoms. The normalized spacial score (nSPS) is 15.7. The summed E-state index contributed by atoms with van der Waals surface area (Å²) >= 11 is 0. The van der Waals surface area contributed by atoms with Gasteiger partial charge in [-0.3, -0.25) is 4.72 Å². The third kappa shape index (κ3) is 5.27. The second-order valence-corrected chi connectivity index (χ2v) is 8.87. The first-order chi connectivity index (χ1) is 13.8. The summed E-state index contributed by atoms with van der Waals surface area (Å²) in [4.78, 5) is 14.0. The van der Waals surface area contributed by atoms with Crippen molar-refractivity contribution in [3.8, 4) is 5.75 Å². The van der Waals surface area contributed by atoms with E-state index in [4.69, 9.17) is 4.74 Å². The van der Waals surface area contributed by atoms with Crippen molar-refractivity contribution in [1.82, 2.24) is 4.90 Å². The second-order valence-electron chi connectivity index (χ2n) is 7.22. The highest BCUT2D eigenvalue weighted by atomic mass is 32.2. The minimum atomic E-state index is -3.86. The smallest absolute Gasteiger partial charge is 0.337 e. The summed E-state index contributed by atoms with van der Waals surface area (Å²) in [5, 5.41) is 0. The van der Waals surface area contributed by atoms with E-state index in [0.717, 1.165) is 25.9 Å². The van der Waals surface area contributed by atoms with Crippen LogP contribution in [0.4, 0.5) is 5.69 Å². The summed E-state index contributed by atoms with van der Waals surface area (Å²) in [6.07, 6.45) is 2.12. The Kier molecular flexibility index (Phi) is 6.44. The molecule has 1 aliphatic rings. The Morgan fingerprint density at radius 1 is 1.10 bits per heavy atom. The number of nitrogens with one attached hydrogen (secondary N) is 1. The summed E-state index contributed by atoms with van der Waals surface area (Å²) in [6.45, 7) is 3.69. The third-order valence-corrected chi connectivity index (χ3v) is 6.50. The Morgan fingerprint density at radius 2 is 1.76 bits per heavy atom. The molecular weight excluding hydrogens is 392 g/mol. The molecule has 1 N–H and O–H groups in total. The van der Waals surface area contributed by atoms with Gasteiger partial charge >= 0.3 is 5.97 Å². The zero-order chi connectivity index (χ0) is 21.0. The molecule has 7 nitrogen and oxygen atoms in total. The second kappa shape index (κ2) is 8.84. The van der Waals surface area contributed by atoms with Crippen molar-refractivity contribution >= 4 is 21.7 Å². The maximum atomic E-state index is 12.8. The van der Waals surface area contributed by atoms with Gasteiger partial charge in [0, 0.05) is 18.8 Å². The van der Waals surface area contributed by atoms with E-state index in [0.29, 0.717) is 17.0 Å². The predicted molar refractivity (Wildman–Crippen MR) is 111 cm³/mol. The molecule has 0 aromatic heterocycles. The number of benzene rings is 2. The number of methoxy groups -OCH3 is 1. The molecule has 8 heteroatoms. The molecule has 0 bridgehead atoms. The predicted octanol–water partition coefficient (Wildman–Crippen LogP) is 3.06. The van der Waals surface area contributed by atoms with Gasteiger partial charge in [0.05, 0.1) is 17.6 Å². The largest absolute Gasteiger partial charge is 0.490 e.